The summed E-state index contributed by atoms with van der Waals surface area (Å²) in [6.45, 7) is 1.23. The predicted molar refractivity (Wildman–Crippen MR) is 54.6 cm³/mol. The molecule has 2 rings (SSSR count). The van der Waals surface area contributed by atoms with E-state index in [4.69, 9.17) is 11.5 Å². The third kappa shape index (κ3) is 1.39. The molecule has 0 saturated carbocycles. The van der Waals surface area contributed by atoms with E-state index in [1.807, 2.05) is 18.2 Å². The van der Waals surface area contributed by atoms with Gasteiger partial charge in [-0.05, 0) is 23.6 Å². The summed E-state index contributed by atoms with van der Waals surface area (Å²) in [5, 5.41) is 0. The number of primary amides is 1. The molecule has 0 spiro atoms. The Balaban J connectivity index is 2.33. The zero-order chi connectivity index (χ0) is 10.1. The molecular formula is C10H13N3O. The number of benzene rings is 1. The maximum atomic E-state index is 11.0. The third-order valence-electron chi connectivity index (χ3n) is 2.62. The third-order valence-corrected chi connectivity index (χ3v) is 2.62. The summed E-state index contributed by atoms with van der Waals surface area (Å²) in [5.41, 5.74) is 14.1. The Kier molecular flexibility index (Phi) is 2.04. The molecular weight excluding hydrogens is 178 g/mol. The Hall–Kier alpha value is -1.71. The Morgan fingerprint density at radius 2 is 2.21 bits per heavy atom. The molecule has 0 aromatic heterocycles. The van der Waals surface area contributed by atoms with Gasteiger partial charge in [0.2, 0.25) is 0 Å². The van der Waals surface area contributed by atoms with Crippen molar-refractivity contribution in [3.05, 3.63) is 29.3 Å². The number of nitrogens with zero attached hydrogens (tertiary/aromatic N) is 1. The summed E-state index contributed by atoms with van der Waals surface area (Å²) >= 11 is 0. The number of urea groups is 1. The van der Waals surface area contributed by atoms with E-state index in [1.54, 1.807) is 4.90 Å². The van der Waals surface area contributed by atoms with Crippen LogP contribution in [0.2, 0.25) is 0 Å². The number of amides is 2. The largest absolute Gasteiger partial charge is 0.398 e. The zero-order valence-electron chi connectivity index (χ0n) is 7.86. The van der Waals surface area contributed by atoms with Gasteiger partial charge in [-0.25, -0.2) is 4.79 Å². The molecule has 0 unspecified atom stereocenters. The van der Waals surface area contributed by atoms with Crippen molar-refractivity contribution in [2.75, 3.05) is 12.3 Å². The molecule has 0 bridgehead atoms. The van der Waals surface area contributed by atoms with Gasteiger partial charge in [0.05, 0.1) is 0 Å². The Bertz CT molecular complexity index is 376. The molecule has 14 heavy (non-hydrogen) atoms. The molecule has 1 heterocycles. The molecule has 4 N–H and O–H groups in total. The maximum absolute atomic E-state index is 11.0. The number of carbonyl (C=O) groups excluding carboxylic acids is 1. The molecule has 0 aliphatic carbocycles. The number of hydrogen-bond donors (Lipinski definition) is 2. The number of anilines is 1. The fourth-order valence-electron chi connectivity index (χ4n) is 1.80. The van der Waals surface area contributed by atoms with Gasteiger partial charge in [0, 0.05) is 18.8 Å². The molecule has 4 nitrogen and oxygen atoms in total. The summed E-state index contributed by atoms with van der Waals surface area (Å²) in [4.78, 5) is 12.6. The van der Waals surface area contributed by atoms with E-state index in [2.05, 4.69) is 0 Å². The molecule has 1 aliphatic rings. The fraction of sp³-hybridized carbons (Fsp3) is 0.300. The second-order valence-corrected chi connectivity index (χ2v) is 3.49. The summed E-state index contributed by atoms with van der Waals surface area (Å²) in [6.07, 6.45) is 0.837. The minimum absolute atomic E-state index is 0.376. The molecule has 74 valence electrons. The van der Waals surface area contributed by atoms with Gasteiger partial charge in [0.1, 0.15) is 0 Å². The van der Waals surface area contributed by atoms with Crippen molar-refractivity contribution in [1.29, 1.82) is 0 Å². The van der Waals surface area contributed by atoms with Crippen molar-refractivity contribution in [1.82, 2.24) is 4.90 Å². The van der Waals surface area contributed by atoms with Gasteiger partial charge in [-0.2, -0.15) is 0 Å². The van der Waals surface area contributed by atoms with E-state index in [0.29, 0.717) is 13.1 Å². The van der Waals surface area contributed by atoms with Crippen molar-refractivity contribution >= 4 is 11.7 Å². The highest BCUT2D eigenvalue weighted by atomic mass is 16.2. The average Bonchev–Trinajstić information content (AvgIpc) is 2.18. The Labute approximate surface area is 82.5 Å². The van der Waals surface area contributed by atoms with Crippen LogP contribution in [0.5, 0.6) is 0 Å². The lowest BCUT2D eigenvalue weighted by atomic mass is 9.98. The van der Waals surface area contributed by atoms with Crippen LogP contribution in [0.15, 0.2) is 18.2 Å². The lowest BCUT2D eigenvalue weighted by molar-refractivity contribution is 0.202. The summed E-state index contributed by atoms with van der Waals surface area (Å²) in [5.74, 6) is 0. The first-order valence-electron chi connectivity index (χ1n) is 4.59. The van der Waals surface area contributed by atoms with Crippen LogP contribution >= 0.6 is 0 Å². The summed E-state index contributed by atoms with van der Waals surface area (Å²) < 4.78 is 0. The van der Waals surface area contributed by atoms with E-state index >= 15 is 0 Å². The van der Waals surface area contributed by atoms with Gasteiger partial charge in [0.25, 0.3) is 0 Å². The highest BCUT2D eigenvalue weighted by Crippen LogP contribution is 2.23. The van der Waals surface area contributed by atoms with E-state index in [0.717, 1.165) is 17.7 Å². The molecule has 1 aromatic rings. The number of fused-ring (bicyclic) bond motifs is 1. The van der Waals surface area contributed by atoms with Crippen molar-refractivity contribution in [2.24, 2.45) is 5.73 Å². The van der Waals surface area contributed by atoms with Gasteiger partial charge >= 0.3 is 6.03 Å². The second kappa shape index (κ2) is 3.21. The monoisotopic (exact) mass is 191 g/mol. The molecule has 2 amide bonds. The normalized spacial score (nSPS) is 15.0. The van der Waals surface area contributed by atoms with Crippen LogP contribution in [0.4, 0.5) is 10.5 Å². The zero-order valence-corrected chi connectivity index (χ0v) is 7.86. The van der Waals surface area contributed by atoms with E-state index in [9.17, 15) is 4.79 Å². The molecule has 0 radical (unpaired) electrons. The van der Waals surface area contributed by atoms with E-state index in [-0.39, 0.29) is 6.03 Å². The number of hydrogen-bond acceptors (Lipinski definition) is 2. The first-order valence-corrected chi connectivity index (χ1v) is 4.59. The van der Waals surface area contributed by atoms with Crippen LogP contribution in [-0.2, 0) is 13.0 Å². The lowest BCUT2D eigenvalue weighted by Gasteiger charge is -2.28. The number of nitrogen functional groups attached to an aromatic ring is 1. The quantitative estimate of drug-likeness (QED) is 0.593. The van der Waals surface area contributed by atoms with Crippen LogP contribution in [-0.4, -0.2) is 17.5 Å². The van der Waals surface area contributed by atoms with Crippen molar-refractivity contribution in [3.63, 3.8) is 0 Å². The summed E-state index contributed by atoms with van der Waals surface area (Å²) in [6, 6.07) is 5.46. The van der Waals surface area contributed by atoms with Crippen molar-refractivity contribution < 1.29 is 4.79 Å². The second-order valence-electron chi connectivity index (χ2n) is 3.49. The fourth-order valence-corrected chi connectivity index (χ4v) is 1.80. The minimum atomic E-state index is -0.376. The lowest BCUT2D eigenvalue weighted by Crippen LogP contribution is -2.39. The highest BCUT2D eigenvalue weighted by Gasteiger charge is 2.19. The number of nitrogens with two attached hydrogens (primary N) is 2. The standard InChI is InChI=1S/C10H13N3O/c11-9-3-1-2-7-4-5-13(10(12)14)6-8(7)9/h1-3H,4-6,11H2,(H2,12,14). The van der Waals surface area contributed by atoms with Crippen LogP contribution in [0.3, 0.4) is 0 Å². The molecule has 0 saturated heterocycles. The molecule has 0 fully saturated rings. The van der Waals surface area contributed by atoms with Gasteiger partial charge in [-0.15, -0.1) is 0 Å². The Morgan fingerprint density at radius 1 is 1.43 bits per heavy atom. The molecule has 4 heteroatoms. The van der Waals surface area contributed by atoms with Crippen LogP contribution in [0, 0.1) is 0 Å². The Morgan fingerprint density at radius 3 is 2.93 bits per heavy atom. The van der Waals surface area contributed by atoms with Crippen LogP contribution in [0.25, 0.3) is 0 Å². The van der Waals surface area contributed by atoms with Gasteiger partial charge < -0.3 is 16.4 Å². The SMILES string of the molecule is NC(=O)N1CCc2cccc(N)c2C1. The highest BCUT2D eigenvalue weighted by molar-refractivity contribution is 5.73. The summed E-state index contributed by atoms with van der Waals surface area (Å²) in [7, 11) is 0. The molecule has 1 aromatic carbocycles. The van der Waals surface area contributed by atoms with Gasteiger partial charge in [0.15, 0.2) is 0 Å². The first kappa shape index (κ1) is 8.87. The first-order chi connectivity index (χ1) is 6.68. The predicted octanol–water partition coefficient (Wildman–Crippen LogP) is 0.706. The van der Waals surface area contributed by atoms with Crippen LogP contribution < -0.4 is 11.5 Å². The van der Waals surface area contributed by atoms with Crippen molar-refractivity contribution in [2.45, 2.75) is 13.0 Å². The van der Waals surface area contributed by atoms with Gasteiger partial charge in [-0.3, -0.25) is 0 Å². The van der Waals surface area contributed by atoms with Crippen molar-refractivity contribution in [3.8, 4) is 0 Å². The van der Waals surface area contributed by atoms with E-state index < -0.39 is 0 Å². The average molecular weight is 191 g/mol. The molecule has 0 atom stereocenters. The minimum Gasteiger partial charge on any atom is -0.398 e. The van der Waals surface area contributed by atoms with E-state index in [1.165, 1.54) is 5.56 Å². The topological polar surface area (TPSA) is 72.4 Å². The maximum Gasteiger partial charge on any atom is 0.315 e. The number of rotatable bonds is 0. The molecule has 1 aliphatic heterocycles. The number of carbonyl (C=O) groups is 1. The smallest absolute Gasteiger partial charge is 0.315 e. The van der Waals surface area contributed by atoms with Crippen LogP contribution in [0.1, 0.15) is 11.1 Å². The van der Waals surface area contributed by atoms with Gasteiger partial charge in [-0.1, -0.05) is 12.1 Å².